The van der Waals surface area contributed by atoms with Gasteiger partial charge in [0.2, 0.25) is 10.0 Å². The molecule has 21 heavy (non-hydrogen) atoms. The van der Waals surface area contributed by atoms with Gasteiger partial charge in [-0.05, 0) is 37.1 Å². The molecule has 0 radical (unpaired) electrons. The summed E-state index contributed by atoms with van der Waals surface area (Å²) in [4.78, 5) is 0.0957. The molecule has 0 spiro atoms. The minimum Gasteiger partial charge on any atom is -0.313 e. The van der Waals surface area contributed by atoms with Crippen LogP contribution in [0.25, 0.3) is 0 Å². The van der Waals surface area contributed by atoms with Gasteiger partial charge >= 0.3 is 0 Å². The van der Waals surface area contributed by atoms with E-state index in [1.165, 1.54) is 50.7 Å². The molecule has 6 heteroatoms. The Balaban J connectivity index is 1.75. The highest BCUT2D eigenvalue weighted by Gasteiger charge is 2.14. The molecule has 2 N–H and O–H groups in total. The molecule has 0 saturated heterocycles. The molecule has 0 bridgehead atoms. The molecule has 1 aliphatic carbocycles. The maximum Gasteiger partial charge on any atom is 0.240 e. The number of sulfonamides is 1. The van der Waals surface area contributed by atoms with Crippen molar-refractivity contribution in [1.82, 2.24) is 10.0 Å². The summed E-state index contributed by atoms with van der Waals surface area (Å²) in [6, 6.07) is 5.35. The van der Waals surface area contributed by atoms with Crippen molar-refractivity contribution < 1.29 is 12.8 Å². The second kappa shape index (κ2) is 7.87. The summed E-state index contributed by atoms with van der Waals surface area (Å²) in [6.45, 7) is 0.960. The van der Waals surface area contributed by atoms with E-state index in [1.54, 1.807) is 0 Å². The predicted molar refractivity (Wildman–Crippen MR) is 81.1 cm³/mol. The number of rotatable bonds is 6. The molecule has 0 amide bonds. The maximum absolute atomic E-state index is 12.8. The third kappa shape index (κ3) is 5.37. The van der Waals surface area contributed by atoms with Gasteiger partial charge in [0, 0.05) is 19.1 Å². The van der Waals surface area contributed by atoms with Crippen LogP contribution in [-0.4, -0.2) is 27.5 Å². The number of nitrogens with one attached hydrogen (secondary N) is 2. The Bertz CT molecular complexity index is 523. The fourth-order valence-electron chi connectivity index (χ4n) is 2.64. The van der Waals surface area contributed by atoms with Crippen LogP contribution in [0.1, 0.15) is 38.5 Å². The lowest BCUT2D eigenvalue weighted by molar-refractivity contribution is 0.461. The lowest BCUT2D eigenvalue weighted by Gasteiger charge is -2.16. The van der Waals surface area contributed by atoms with Crippen LogP contribution in [0.4, 0.5) is 4.39 Å². The Labute approximate surface area is 126 Å². The first-order valence-electron chi connectivity index (χ1n) is 7.56. The van der Waals surface area contributed by atoms with E-state index in [9.17, 15) is 12.8 Å². The Morgan fingerprint density at radius 3 is 2.24 bits per heavy atom. The molecular formula is C15H23FN2O2S. The molecular weight excluding hydrogens is 291 g/mol. The first-order chi connectivity index (χ1) is 10.1. The van der Waals surface area contributed by atoms with E-state index in [0.717, 1.165) is 12.1 Å². The smallest absolute Gasteiger partial charge is 0.240 e. The molecule has 1 aromatic rings. The van der Waals surface area contributed by atoms with Crippen LogP contribution in [0.5, 0.6) is 0 Å². The van der Waals surface area contributed by atoms with Crippen LogP contribution in [0, 0.1) is 5.82 Å². The molecule has 0 aromatic heterocycles. The summed E-state index contributed by atoms with van der Waals surface area (Å²) in [5.41, 5.74) is 0. The van der Waals surface area contributed by atoms with E-state index in [-0.39, 0.29) is 4.90 Å². The van der Waals surface area contributed by atoms with E-state index >= 15 is 0 Å². The minimum atomic E-state index is -3.54. The third-order valence-corrected chi connectivity index (χ3v) is 5.31. The quantitative estimate of drug-likeness (QED) is 0.626. The van der Waals surface area contributed by atoms with Crippen molar-refractivity contribution in [2.45, 2.75) is 49.5 Å². The summed E-state index contributed by atoms with van der Waals surface area (Å²) in [5.74, 6) is -0.441. The van der Waals surface area contributed by atoms with Crippen molar-refractivity contribution in [1.29, 1.82) is 0 Å². The van der Waals surface area contributed by atoms with Crippen molar-refractivity contribution in [2.24, 2.45) is 0 Å². The van der Waals surface area contributed by atoms with Gasteiger partial charge in [-0.25, -0.2) is 17.5 Å². The highest BCUT2D eigenvalue weighted by atomic mass is 32.2. The molecule has 1 fully saturated rings. The Kier molecular flexibility index (Phi) is 6.14. The first-order valence-corrected chi connectivity index (χ1v) is 9.05. The summed E-state index contributed by atoms with van der Waals surface area (Å²) >= 11 is 0. The molecule has 2 rings (SSSR count). The lowest BCUT2D eigenvalue weighted by atomic mass is 10.1. The van der Waals surface area contributed by atoms with E-state index in [4.69, 9.17) is 0 Å². The van der Waals surface area contributed by atoms with E-state index in [1.807, 2.05) is 0 Å². The Hall–Kier alpha value is -0.980. The van der Waals surface area contributed by atoms with Gasteiger partial charge < -0.3 is 5.32 Å². The summed E-state index contributed by atoms with van der Waals surface area (Å²) < 4.78 is 39.3. The van der Waals surface area contributed by atoms with Gasteiger partial charge in [0.05, 0.1) is 4.90 Å². The molecule has 4 nitrogen and oxygen atoms in total. The third-order valence-electron chi connectivity index (χ3n) is 3.83. The molecule has 0 heterocycles. The molecule has 118 valence electrons. The van der Waals surface area contributed by atoms with Gasteiger partial charge in [-0.1, -0.05) is 25.7 Å². The molecule has 1 aromatic carbocycles. The summed E-state index contributed by atoms with van der Waals surface area (Å²) in [7, 11) is -3.54. The number of hydrogen-bond acceptors (Lipinski definition) is 3. The second-order valence-corrected chi connectivity index (χ2v) is 7.26. The second-order valence-electron chi connectivity index (χ2n) is 5.49. The zero-order valence-corrected chi connectivity index (χ0v) is 13.0. The summed E-state index contributed by atoms with van der Waals surface area (Å²) in [6.07, 6.45) is 7.44. The zero-order valence-electron chi connectivity index (χ0n) is 12.1. The van der Waals surface area contributed by atoms with Crippen LogP contribution >= 0.6 is 0 Å². The Morgan fingerprint density at radius 1 is 1.00 bits per heavy atom. The SMILES string of the molecule is O=S(=O)(NCCNC1CCCCCC1)c1ccc(F)cc1. The zero-order chi connectivity index (χ0) is 15.1. The van der Waals surface area contributed by atoms with Gasteiger partial charge in [-0.2, -0.15) is 0 Å². The fourth-order valence-corrected chi connectivity index (χ4v) is 3.67. The van der Waals surface area contributed by atoms with Gasteiger partial charge in [0.25, 0.3) is 0 Å². The van der Waals surface area contributed by atoms with Gasteiger partial charge in [-0.3, -0.25) is 0 Å². The van der Waals surface area contributed by atoms with Crippen molar-refractivity contribution in [3.8, 4) is 0 Å². The van der Waals surface area contributed by atoms with E-state index in [0.29, 0.717) is 19.1 Å². The molecule has 0 aliphatic heterocycles. The minimum absolute atomic E-state index is 0.0957. The topological polar surface area (TPSA) is 58.2 Å². The highest BCUT2D eigenvalue weighted by Crippen LogP contribution is 2.16. The van der Waals surface area contributed by atoms with E-state index in [2.05, 4.69) is 10.0 Å². The maximum atomic E-state index is 12.8. The van der Waals surface area contributed by atoms with Crippen LogP contribution in [0.2, 0.25) is 0 Å². The van der Waals surface area contributed by atoms with Gasteiger partial charge in [-0.15, -0.1) is 0 Å². The predicted octanol–water partition coefficient (Wildman–Crippen LogP) is 2.42. The highest BCUT2D eigenvalue weighted by molar-refractivity contribution is 7.89. The van der Waals surface area contributed by atoms with Gasteiger partial charge in [0.1, 0.15) is 5.82 Å². The van der Waals surface area contributed by atoms with Crippen molar-refractivity contribution in [3.05, 3.63) is 30.1 Å². The van der Waals surface area contributed by atoms with Crippen LogP contribution in [-0.2, 0) is 10.0 Å². The first kappa shape index (κ1) is 16.4. The van der Waals surface area contributed by atoms with Crippen LogP contribution < -0.4 is 10.0 Å². The number of benzene rings is 1. The van der Waals surface area contributed by atoms with E-state index < -0.39 is 15.8 Å². The standard InChI is InChI=1S/C15H23FN2O2S/c16-13-7-9-15(10-8-13)21(19,20)18-12-11-17-14-5-3-1-2-4-6-14/h7-10,14,17-18H,1-6,11-12H2. The van der Waals surface area contributed by atoms with Crippen molar-refractivity contribution in [2.75, 3.05) is 13.1 Å². The average Bonchev–Trinajstić information content (AvgIpc) is 2.73. The monoisotopic (exact) mass is 314 g/mol. The lowest BCUT2D eigenvalue weighted by Crippen LogP contribution is -2.36. The summed E-state index contributed by atoms with van der Waals surface area (Å²) in [5, 5.41) is 3.41. The molecule has 0 atom stereocenters. The van der Waals surface area contributed by atoms with Crippen molar-refractivity contribution >= 4 is 10.0 Å². The molecule has 1 saturated carbocycles. The van der Waals surface area contributed by atoms with Crippen molar-refractivity contribution in [3.63, 3.8) is 0 Å². The Morgan fingerprint density at radius 2 is 1.62 bits per heavy atom. The van der Waals surface area contributed by atoms with Crippen LogP contribution in [0.15, 0.2) is 29.2 Å². The number of halogens is 1. The fraction of sp³-hybridized carbons (Fsp3) is 0.600. The molecule has 0 unspecified atom stereocenters. The average molecular weight is 314 g/mol. The molecule has 1 aliphatic rings. The normalized spacial score (nSPS) is 17.6. The largest absolute Gasteiger partial charge is 0.313 e. The van der Waals surface area contributed by atoms with Gasteiger partial charge in [0.15, 0.2) is 0 Å². The van der Waals surface area contributed by atoms with Crippen LogP contribution in [0.3, 0.4) is 0 Å². The number of hydrogen-bond donors (Lipinski definition) is 2.